The minimum Gasteiger partial charge on any atom is -0.443 e. The Hall–Kier alpha value is -3.33. The highest BCUT2D eigenvalue weighted by Gasteiger charge is 2.20. The molecule has 0 saturated carbocycles. The lowest BCUT2D eigenvalue weighted by Gasteiger charge is -2.19. The number of nitrogens with zero attached hydrogens (tertiary/aromatic N) is 2. The van der Waals surface area contributed by atoms with Crippen LogP contribution >= 0.6 is 0 Å². The molecule has 0 radical (unpaired) electrons. The molecule has 0 atom stereocenters. The van der Waals surface area contributed by atoms with E-state index in [1.54, 1.807) is 58.2 Å². The first-order chi connectivity index (χ1) is 12.2. The highest BCUT2D eigenvalue weighted by atomic mass is 16.6. The number of hydrogen-bond acceptors (Lipinski definition) is 4. The van der Waals surface area contributed by atoms with Crippen molar-refractivity contribution >= 4 is 17.0 Å². The van der Waals surface area contributed by atoms with Gasteiger partial charge in [0, 0.05) is 22.8 Å². The number of aromatic amines is 1. The Labute approximate surface area is 150 Å². The summed E-state index contributed by atoms with van der Waals surface area (Å²) in [6.07, 6.45) is 1.15. The summed E-state index contributed by atoms with van der Waals surface area (Å²) in [6, 6.07) is 10.9. The number of fused-ring (bicyclic) bond motifs is 1. The Kier molecular flexibility index (Phi) is 4.17. The molecule has 1 N–H and O–H groups in total. The number of benzene rings is 1. The quantitative estimate of drug-likeness (QED) is 0.720. The largest absolute Gasteiger partial charge is 0.443 e. The molecule has 0 bridgehead atoms. The highest BCUT2D eigenvalue weighted by Crippen LogP contribution is 2.31. The van der Waals surface area contributed by atoms with Gasteiger partial charge in [-0.2, -0.15) is 5.26 Å². The monoisotopic (exact) mass is 349 g/mol. The number of carbonyl (C=O) groups excluding carboxylic acids is 1. The number of H-pyrrole nitrogens is 1. The SMILES string of the molecule is Cc1cc(-c2cccc3c2ccn3C(=O)OC(C)(C)C)c(C#N)c(=O)[nH]1. The first-order valence-corrected chi connectivity index (χ1v) is 8.19. The lowest BCUT2D eigenvalue weighted by atomic mass is 9.98. The summed E-state index contributed by atoms with van der Waals surface area (Å²) >= 11 is 0. The van der Waals surface area contributed by atoms with Crippen LogP contribution in [-0.4, -0.2) is 21.2 Å². The van der Waals surface area contributed by atoms with Crippen molar-refractivity contribution in [3.05, 3.63) is 58.1 Å². The van der Waals surface area contributed by atoms with Crippen LogP contribution in [0.1, 0.15) is 32.0 Å². The van der Waals surface area contributed by atoms with Crippen molar-refractivity contribution in [2.45, 2.75) is 33.3 Å². The van der Waals surface area contributed by atoms with Crippen LogP contribution in [0.15, 0.2) is 41.3 Å². The Morgan fingerprint density at radius 3 is 2.62 bits per heavy atom. The number of carbonyl (C=O) groups is 1. The summed E-state index contributed by atoms with van der Waals surface area (Å²) in [6.45, 7) is 7.18. The molecule has 0 spiro atoms. The molecule has 3 aromatic rings. The molecule has 1 aromatic carbocycles. The van der Waals surface area contributed by atoms with Crippen LogP contribution in [0.4, 0.5) is 4.79 Å². The minimum absolute atomic E-state index is 0.0492. The second-order valence-electron chi connectivity index (χ2n) is 7.09. The third-order valence-corrected chi connectivity index (χ3v) is 3.89. The standard InChI is InChI=1S/C20H19N3O3/c1-12-10-15(16(11-21)18(24)22-12)13-6-5-7-17-14(13)8-9-23(17)19(25)26-20(2,3)4/h5-10H,1-4H3,(H,22,24). The van der Waals surface area contributed by atoms with E-state index >= 15 is 0 Å². The van der Waals surface area contributed by atoms with Gasteiger partial charge in [0.05, 0.1) is 5.52 Å². The second-order valence-corrected chi connectivity index (χ2v) is 7.09. The Bertz CT molecular complexity index is 1110. The average Bonchev–Trinajstić information content (AvgIpc) is 2.96. The van der Waals surface area contributed by atoms with Crippen LogP contribution < -0.4 is 5.56 Å². The Morgan fingerprint density at radius 1 is 1.23 bits per heavy atom. The van der Waals surface area contributed by atoms with Gasteiger partial charge in [0.2, 0.25) is 0 Å². The fraction of sp³-hybridized carbons (Fsp3) is 0.250. The predicted octanol–water partition coefficient (Wildman–Crippen LogP) is 3.96. The van der Waals surface area contributed by atoms with E-state index in [9.17, 15) is 14.9 Å². The summed E-state index contributed by atoms with van der Waals surface area (Å²) in [5.74, 6) is 0. The fourth-order valence-electron chi connectivity index (χ4n) is 2.88. The summed E-state index contributed by atoms with van der Waals surface area (Å²) in [7, 11) is 0. The number of hydrogen-bond donors (Lipinski definition) is 1. The fourth-order valence-corrected chi connectivity index (χ4v) is 2.88. The molecular weight excluding hydrogens is 330 g/mol. The molecule has 3 rings (SSSR count). The van der Waals surface area contributed by atoms with Crippen LogP contribution in [-0.2, 0) is 4.74 Å². The smallest absolute Gasteiger partial charge is 0.418 e. The second kappa shape index (κ2) is 6.19. The number of nitrogens with one attached hydrogen (secondary N) is 1. The molecule has 26 heavy (non-hydrogen) atoms. The topological polar surface area (TPSA) is 87.9 Å². The number of ether oxygens (including phenoxy) is 1. The van der Waals surface area contributed by atoms with Crippen molar-refractivity contribution in [1.82, 2.24) is 9.55 Å². The lowest BCUT2D eigenvalue weighted by Crippen LogP contribution is -2.26. The summed E-state index contributed by atoms with van der Waals surface area (Å²) < 4.78 is 6.86. The summed E-state index contributed by atoms with van der Waals surface area (Å²) in [5.41, 5.74) is 1.59. The van der Waals surface area contributed by atoms with E-state index in [-0.39, 0.29) is 5.56 Å². The average molecular weight is 349 g/mol. The van der Waals surface area contributed by atoms with Gasteiger partial charge in [-0.3, -0.25) is 9.36 Å². The van der Waals surface area contributed by atoms with E-state index in [0.717, 1.165) is 10.9 Å². The first kappa shape index (κ1) is 17.5. The number of pyridine rings is 1. The molecule has 0 unspecified atom stereocenters. The molecule has 6 nitrogen and oxygen atoms in total. The van der Waals surface area contributed by atoms with Gasteiger partial charge in [0.15, 0.2) is 0 Å². The normalized spacial score (nSPS) is 11.3. The summed E-state index contributed by atoms with van der Waals surface area (Å²) in [4.78, 5) is 27.2. The van der Waals surface area contributed by atoms with Crippen molar-refractivity contribution < 1.29 is 9.53 Å². The molecule has 6 heteroatoms. The lowest BCUT2D eigenvalue weighted by molar-refractivity contribution is 0.0544. The maximum Gasteiger partial charge on any atom is 0.418 e. The highest BCUT2D eigenvalue weighted by molar-refractivity contribution is 6.00. The number of aryl methyl sites for hydroxylation is 1. The third kappa shape index (κ3) is 3.11. The van der Waals surface area contributed by atoms with E-state index in [1.807, 2.05) is 12.1 Å². The molecule has 0 saturated heterocycles. The zero-order valence-electron chi connectivity index (χ0n) is 15.1. The van der Waals surface area contributed by atoms with Crippen LogP contribution in [0.3, 0.4) is 0 Å². The van der Waals surface area contributed by atoms with E-state index in [4.69, 9.17) is 4.74 Å². The molecule has 132 valence electrons. The van der Waals surface area contributed by atoms with Crippen molar-refractivity contribution in [1.29, 1.82) is 5.26 Å². The molecule has 0 fully saturated rings. The van der Waals surface area contributed by atoms with Gasteiger partial charge in [0.1, 0.15) is 17.2 Å². The van der Waals surface area contributed by atoms with E-state index in [1.165, 1.54) is 4.57 Å². The predicted molar refractivity (Wildman–Crippen MR) is 99.1 cm³/mol. The molecular formula is C20H19N3O3. The van der Waals surface area contributed by atoms with Gasteiger partial charge in [-0.25, -0.2) is 4.79 Å². The number of nitriles is 1. The van der Waals surface area contributed by atoms with Crippen molar-refractivity contribution in [3.63, 3.8) is 0 Å². The third-order valence-electron chi connectivity index (χ3n) is 3.89. The van der Waals surface area contributed by atoms with E-state index in [2.05, 4.69) is 4.98 Å². The zero-order chi connectivity index (χ0) is 19.1. The maximum atomic E-state index is 12.4. The molecule has 2 heterocycles. The molecule has 0 aliphatic carbocycles. The molecule has 0 aliphatic heterocycles. The summed E-state index contributed by atoms with van der Waals surface area (Å²) in [5, 5.41) is 10.2. The zero-order valence-corrected chi connectivity index (χ0v) is 15.1. The van der Waals surface area contributed by atoms with Crippen LogP contribution in [0.2, 0.25) is 0 Å². The maximum absolute atomic E-state index is 12.4. The van der Waals surface area contributed by atoms with E-state index < -0.39 is 17.3 Å². The first-order valence-electron chi connectivity index (χ1n) is 8.19. The van der Waals surface area contributed by atoms with Gasteiger partial charge in [-0.1, -0.05) is 12.1 Å². The van der Waals surface area contributed by atoms with E-state index in [0.29, 0.717) is 16.8 Å². The molecule has 2 aromatic heterocycles. The van der Waals surface area contributed by atoms with Gasteiger partial charge in [-0.15, -0.1) is 0 Å². The Morgan fingerprint density at radius 2 is 1.96 bits per heavy atom. The van der Waals surface area contributed by atoms with Gasteiger partial charge in [-0.05, 0) is 51.5 Å². The minimum atomic E-state index is -0.608. The van der Waals surface area contributed by atoms with Gasteiger partial charge in [0.25, 0.3) is 5.56 Å². The Balaban J connectivity index is 2.22. The molecule has 0 amide bonds. The van der Waals surface area contributed by atoms with Crippen molar-refractivity contribution in [3.8, 4) is 17.2 Å². The number of rotatable bonds is 1. The van der Waals surface area contributed by atoms with Gasteiger partial charge >= 0.3 is 6.09 Å². The van der Waals surface area contributed by atoms with Crippen LogP contribution in [0.5, 0.6) is 0 Å². The van der Waals surface area contributed by atoms with Crippen LogP contribution in [0.25, 0.3) is 22.0 Å². The van der Waals surface area contributed by atoms with Crippen molar-refractivity contribution in [2.24, 2.45) is 0 Å². The van der Waals surface area contributed by atoms with Gasteiger partial charge < -0.3 is 9.72 Å². The molecule has 0 aliphatic rings. The van der Waals surface area contributed by atoms with Crippen molar-refractivity contribution in [2.75, 3.05) is 0 Å². The number of aromatic nitrogens is 2. The van der Waals surface area contributed by atoms with Crippen LogP contribution in [0, 0.1) is 18.3 Å².